The van der Waals surface area contributed by atoms with Crippen LogP contribution in [0.4, 0.5) is 0 Å². The van der Waals surface area contributed by atoms with Crippen molar-refractivity contribution < 1.29 is 13.2 Å². The molecule has 25 heavy (non-hydrogen) atoms. The molecule has 0 bridgehead atoms. The van der Waals surface area contributed by atoms with Gasteiger partial charge in [0.15, 0.2) is 21.4 Å². The van der Waals surface area contributed by atoms with E-state index >= 15 is 0 Å². The Morgan fingerprint density at radius 2 is 1.72 bits per heavy atom. The fourth-order valence-electron chi connectivity index (χ4n) is 2.09. The Kier molecular flexibility index (Phi) is 4.94. The smallest absolute Gasteiger partial charge is 0.194 e. The Balaban J connectivity index is 1.84. The highest BCUT2D eigenvalue weighted by Crippen LogP contribution is 2.32. The van der Waals surface area contributed by atoms with Crippen molar-refractivity contribution in [3.05, 3.63) is 58.3 Å². The van der Waals surface area contributed by atoms with Crippen LogP contribution in [0.25, 0.3) is 5.69 Å². The topological polar surface area (TPSA) is 87.0 Å². The van der Waals surface area contributed by atoms with Crippen LogP contribution in [-0.2, 0) is 16.4 Å². The summed E-state index contributed by atoms with van der Waals surface area (Å²) < 4.78 is 30.1. The number of hydrogen-bond donors (Lipinski definition) is 0. The van der Waals surface area contributed by atoms with Gasteiger partial charge in [-0.3, -0.25) is 0 Å². The molecule has 7 nitrogen and oxygen atoms in total. The summed E-state index contributed by atoms with van der Waals surface area (Å²) in [7, 11) is -3.27. The highest BCUT2D eigenvalue weighted by Gasteiger charge is 2.13. The van der Waals surface area contributed by atoms with E-state index in [1.165, 1.54) is 16.8 Å². The number of nitrogens with zero attached hydrogens (tertiary/aromatic N) is 4. The SMILES string of the molecule is CS(=O)(=O)c1ccc(-n2nnnc2COc2c(Cl)cccc2Cl)cc1. The fourth-order valence-corrected chi connectivity index (χ4v) is 3.22. The Morgan fingerprint density at radius 1 is 1.08 bits per heavy atom. The molecule has 0 radical (unpaired) electrons. The molecule has 0 aliphatic rings. The van der Waals surface area contributed by atoms with E-state index in [1.807, 2.05) is 0 Å². The zero-order valence-corrected chi connectivity index (χ0v) is 15.3. The highest BCUT2D eigenvalue weighted by molar-refractivity contribution is 7.90. The van der Waals surface area contributed by atoms with E-state index in [1.54, 1.807) is 30.3 Å². The summed E-state index contributed by atoms with van der Waals surface area (Å²) in [6, 6.07) is 11.2. The molecule has 3 aromatic rings. The van der Waals surface area contributed by atoms with Gasteiger partial charge in [-0.05, 0) is 46.8 Å². The number of hydrogen-bond acceptors (Lipinski definition) is 6. The molecule has 0 aliphatic heterocycles. The van der Waals surface area contributed by atoms with Gasteiger partial charge in [-0.15, -0.1) is 5.10 Å². The van der Waals surface area contributed by atoms with E-state index < -0.39 is 9.84 Å². The summed E-state index contributed by atoms with van der Waals surface area (Å²) in [4.78, 5) is 0.213. The van der Waals surface area contributed by atoms with E-state index in [4.69, 9.17) is 27.9 Å². The molecule has 2 aromatic carbocycles. The van der Waals surface area contributed by atoms with E-state index in [0.29, 0.717) is 27.3 Å². The lowest BCUT2D eigenvalue weighted by Crippen LogP contribution is -2.07. The lowest BCUT2D eigenvalue weighted by atomic mass is 10.3. The minimum Gasteiger partial charge on any atom is -0.482 e. The molecule has 0 N–H and O–H groups in total. The molecular formula is C15H12Cl2N4O3S. The van der Waals surface area contributed by atoms with E-state index in [0.717, 1.165) is 6.26 Å². The van der Waals surface area contributed by atoms with Crippen molar-refractivity contribution in [1.29, 1.82) is 0 Å². The van der Waals surface area contributed by atoms with Crippen molar-refractivity contribution in [3.8, 4) is 11.4 Å². The summed E-state index contributed by atoms with van der Waals surface area (Å²) in [5.74, 6) is 0.746. The van der Waals surface area contributed by atoms with Gasteiger partial charge in [-0.25, -0.2) is 8.42 Å². The number of halogens is 2. The largest absolute Gasteiger partial charge is 0.482 e. The van der Waals surface area contributed by atoms with Crippen LogP contribution in [0.1, 0.15) is 5.82 Å². The van der Waals surface area contributed by atoms with Gasteiger partial charge >= 0.3 is 0 Å². The minimum absolute atomic E-state index is 0.0320. The Hall–Kier alpha value is -2.16. The van der Waals surface area contributed by atoms with Crippen LogP contribution >= 0.6 is 23.2 Å². The second-order valence-corrected chi connectivity index (χ2v) is 7.94. The molecule has 0 unspecified atom stereocenters. The molecule has 1 aromatic heterocycles. The van der Waals surface area contributed by atoms with Crippen LogP contribution in [0.3, 0.4) is 0 Å². The molecular weight excluding hydrogens is 387 g/mol. The van der Waals surface area contributed by atoms with Crippen molar-refractivity contribution in [3.63, 3.8) is 0 Å². The van der Waals surface area contributed by atoms with Crippen LogP contribution in [0, 0.1) is 0 Å². The second kappa shape index (κ2) is 6.99. The minimum atomic E-state index is -3.27. The van der Waals surface area contributed by atoms with Gasteiger partial charge in [0, 0.05) is 6.26 Å². The van der Waals surface area contributed by atoms with Crippen molar-refractivity contribution in [2.24, 2.45) is 0 Å². The molecule has 0 spiro atoms. The number of tetrazole rings is 1. The lowest BCUT2D eigenvalue weighted by Gasteiger charge is -2.10. The first-order valence-electron chi connectivity index (χ1n) is 7.01. The third-order valence-electron chi connectivity index (χ3n) is 3.31. The number of aromatic nitrogens is 4. The maximum atomic E-state index is 11.5. The summed E-state index contributed by atoms with van der Waals surface area (Å²) in [5, 5.41) is 12.2. The number of benzene rings is 2. The molecule has 1 heterocycles. The normalized spacial score (nSPS) is 11.5. The Labute approximate surface area is 154 Å². The van der Waals surface area contributed by atoms with Crippen LogP contribution in [0.15, 0.2) is 47.4 Å². The Bertz CT molecular complexity index is 984. The van der Waals surface area contributed by atoms with Gasteiger partial charge in [0.25, 0.3) is 0 Å². The first-order valence-corrected chi connectivity index (χ1v) is 9.65. The lowest BCUT2D eigenvalue weighted by molar-refractivity contribution is 0.292. The van der Waals surface area contributed by atoms with Crippen molar-refractivity contribution >= 4 is 33.0 Å². The number of para-hydroxylation sites is 1. The van der Waals surface area contributed by atoms with Gasteiger partial charge in [0.1, 0.15) is 6.61 Å². The van der Waals surface area contributed by atoms with Gasteiger partial charge in [-0.2, -0.15) is 4.68 Å². The number of rotatable bonds is 5. The standard InChI is InChI=1S/C15H12Cl2N4O3S/c1-25(22,23)11-7-5-10(6-8-11)21-14(18-19-20-21)9-24-15-12(16)3-2-4-13(15)17/h2-8H,9H2,1H3. The zero-order valence-electron chi connectivity index (χ0n) is 12.9. The quantitative estimate of drug-likeness (QED) is 0.656. The first kappa shape index (κ1) is 17.7. The predicted molar refractivity (Wildman–Crippen MR) is 93.1 cm³/mol. The maximum absolute atomic E-state index is 11.5. The molecule has 0 saturated heterocycles. The average Bonchev–Trinajstić information content (AvgIpc) is 3.02. The number of sulfone groups is 1. The van der Waals surface area contributed by atoms with Crippen molar-refractivity contribution in [2.45, 2.75) is 11.5 Å². The molecule has 0 amide bonds. The summed E-state index contributed by atoms with van der Waals surface area (Å²) in [6.45, 7) is 0.0320. The first-order chi connectivity index (χ1) is 11.9. The van der Waals surface area contributed by atoms with Crippen molar-refractivity contribution in [1.82, 2.24) is 20.2 Å². The summed E-state index contributed by atoms with van der Waals surface area (Å²) in [6.07, 6.45) is 1.14. The molecule has 0 fully saturated rings. The molecule has 0 aliphatic carbocycles. The monoisotopic (exact) mass is 398 g/mol. The second-order valence-electron chi connectivity index (χ2n) is 5.11. The fraction of sp³-hybridized carbons (Fsp3) is 0.133. The average molecular weight is 399 g/mol. The van der Waals surface area contributed by atoms with Crippen LogP contribution < -0.4 is 4.74 Å². The van der Waals surface area contributed by atoms with Gasteiger partial charge in [0.05, 0.1) is 20.6 Å². The Morgan fingerprint density at radius 3 is 2.32 bits per heavy atom. The van der Waals surface area contributed by atoms with Crippen LogP contribution in [-0.4, -0.2) is 34.9 Å². The summed E-state index contributed by atoms with van der Waals surface area (Å²) in [5.41, 5.74) is 0.598. The molecule has 0 saturated carbocycles. The van der Waals surface area contributed by atoms with E-state index in [-0.39, 0.29) is 11.5 Å². The van der Waals surface area contributed by atoms with E-state index in [9.17, 15) is 8.42 Å². The molecule has 10 heteroatoms. The molecule has 0 atom stereocenters. The number of ether oxygens (including phenoxy) is 1. The highest BCUT2D eigenvalue weighted by atomic mass is 35.5. The van der Waals surface area contributed by atoms with Crippen LogP contribution in [0.2, 0.25) is 10.0 Å². The van der Waals surface area contributed by atoms with E-state index in [2.05, 4.69) is 15.5 Å². The third kappa shape index (κ3) is 3.92. The zero-order chi connectivity index (χ0) is 18.0. The van der Waals surface area contributed by atoms with Gasteiger partial charge < -0.3 is 4.74 Å². The molecule has 3 rings (SSSR count). The summed E-state index contributed by atoms with van der Waals surface area (Å²) >= 11 is 12.1. The van der Waals surface area contributed by atoms with Crippen molar-refractivity contribution in [2.75, 3.05) is 6.26 Å². The third-order valence-corrected chi connectivity index (χ3v) is 5.03. The predicted octanol–water partition coefficient (Wildman–Crippen LogP) is 2.95. The maximum Gasteiger partial charge on any atom is 0.194 e. The molecule has 130 valence electrons. The van der Waals surface area contributed by atoms with Gasteiger partial charge in [0.2, 0.25) is 0 Å². The van der Waals surface area contributed by atoms with Crippen LogP contribution in [0.5, 0.6) is 5.75 Å². The van der Waals surface area contributed by atoms with Gasteiger partial charge in [-0.1, -0.05) is 29.3 Å².